The van der Waals surface area contributed by atoms with Crippen LogP contribution in [0.3, 0.4) is 0 Å². The molecule has 0 radical (unpaired) electrons. The largest absolute Gasteiger partial charge is 0.309 e. The first-order valence-corrected chi connectivity index (χ1v) is 9.32. The monoisotopic (exact) mass is 291 g/mol. The van der Waals surface area contributed by atoms with Crippen molar-refractivity contribution in [2.75, 3.05) is 6.26 Å². The molecule has 0 aromatic heterocycles. The van der Waals surface area contributed by atoms with Crippen molar-refractivity contribution >= 4 is 11.8 Å². The van der Waals surface area contributed by atoms with Gasteiger partial charge in [0.2, 0.25) is 0 Å². The molecule has 0 aliphatic heterocycles. The van der Waals surface area contributed by atoms with E-state index in [-0.39, 0.29) is 0 Å². The first-order valence-electron chi connectivity index (χ1n) is 8.03. The molecule has 2 unspecified atom stereocenters. The van der Waals surface area contributed by atoms with Crippen LogP contribution in [0.4, 0.5) is 0 Å². The Morgan fingerprint density at radius 3 is 2.40 bits per heavy atom. The topological polar surface area (TPSA) is 12.0 Å². The number of thioether (sulfide) groups is 1. The van der Waals surface area contributed by atoms with Gasteiger partial charge in [0.1, 0.15) is 0 Å². The lowest BCUT2D eigenvalue weighted by molar-refractivity contribution is 0.383. The summed E-state index contributed by atoms with van der Waals surface area (Å²) in [5.41, 5.74) is 2.88. The van der Waals surface area contributed by atoms with Crippen molar-refractivity contribution in [1.29, 1.82) is 0 Å². The van der Waals surface area contributed by atoms with Gasteiger partial charge in [-0.25, -0.2) is 0 Å². The maximum absolute atomic E-state index is 3.78. The second-order valence-corrected chi connectivity index (χ2v) is 7.54. The van der Waals surface area contributed by atoms with E-state index in [0.717, 1.165) is 17.7 Å². The van der Waals surface area contributed by atoms with Gasteiger partial charge in [-0.2, -0.15) is 11.8 Å². The maximum atomic E-state index is 3.78. The quantitative estimate of drug-likeness (QED) is 0.819. The summed E-state index contributed by atoms with van der Waals surface area (Å²) in [5, 5.41) is 4.59. The van der Waals surface area contributed by atoms with Crippen molar-refractivity contribution in [3.63, 3.8) is 0 Å². The first-order chi connectivity index (χ1) is 9.69. The van der Waals surface area contributed by atoms with Crippen LogP contribution in [0.5, 0.6) is 0 Å². The lowest BCUT2D eigenvalue weighted by Gasteiger charge is -2.31. The summed E-state index contributed by atoms with van der Waals surface area (Å²) >= 11 is 2.04. The molecule has 0 spiro atoms. The Bertz CT molecular complexity index is 385. The Morgan fingerprint density at radius 2 is 1.75 bits per heavy atom. The molecule has 0 heterocycles. The third-order valence-electron chi connectivity index (χ3n) is 4.24. The van der Waals surface area contributed by atoms with Gasteiger partial charge < -0.3 is 5.32 Å². The van der Waals surface area contributed by atoms with Crippen LogP contribution in [0.2, 0.25) is 0 Å². The minimum absolute atomic E-state index is 0.703. The molecule has 1 N–H and O–H groups in total. The molecule has 0 bridgehead atoms. The van der Waals surface area contributed by atoms with Crippen LogP contribution in [0.15, 0.2) is 24.3 Å². The van der Waals surface area contributed by atoms with Gasteiger partial charge in [0.25, 0.3) is 0 Å². The van der Waals surface area contributed by atoms with E-state index in [2.05, 4.69) is 49.7 Å². The summed E-state index contributed by atoms with van der Waals surface area (Å²) in [7, 11) is 0. The molecule has 1 aromatic rings. The predicted molar refractivity (Wildman–Crippen MR) is 91.4 cm³/mol. The highest BCUT2D eigenvalue weighted by molar-refractivity contribution is 7.99. The summed E-state index contributed by atoms with van der Waals surface area (Å²) in [4.78, 5) is 0. The second kappa shape index (κ2) is 8.09. The Morgan fingerprint density at radius 1 is 1.10 bits per heavy atom. The maximum Gasteiger partial charge on any atom is 0.0208 e. The van der Waals surface area contributed by atoms with Crippen molar-refractivity contribution in [1.82, 2.24) is 5.32 Å². The highest BCUT2D eigenvalue weighted by atomic mass is 32.2. The summed E-state index contributed by atoms with van der Waals surface area (Å²) in [6, 6.07) is 9.88. The molecule has 1 saturated carbocycles. The van der Waals surface area contributed by atoms with Crippen LogP contribution < -0.4 is 5.32 Å². The summed E-state index contributed by atoms with van der Waals surface area (Å²) in [5.74, 6) is 0.739. The Balaban J connectivity index is 1.83. The molecule has 1 nitrogen and oxygen atoms in total. The Kier molecular flexibility index (Phi) is 6.44. The van der Waals surface area contributed by atoms with Crippen LogP contribution in [-0.2, 0) is 13.0 Å². The fourth-order valence-corrected chi connectivity index (χ4v) is 4.09. The van der Waals surface area contributed by atoms with E-state index < -0.39 is 0 Å². The van der Waals surface area contributed by atoms with Crippen LogP contribution >= 0.6 is 11.8 Å². The fraction of sp³-hybridized carbons (Fsp3) is 0.667. The second-order valence-electron chi connectivity index (χ2n) is 6.46. The van der Waals surface area contributed by atoms with Crippen molar-refractivity contribution in [3.05, 3.63) is 35.4 Å². The van der Waals surface area contributed by atoms with Crippen LogP contribution in [-0.4, -0.2) is 17.5 Å². The van der Waals surface area contributed by atoms with E-state index in [9.17, 15) is 0 Å². The van der Waals surface area contributed by atoms with E-state index in [1.807, 2.05) is 11.8 Å². The Hall–Kier alpha value is -0.470. The molecule has 2 atom stereocenters. The van der Waals surface area contributed by atoms with Crippen molar-refractivity contribution < 1.29 is 0 Å². The molecular formula is C18H29NS. The Labute approximate surface area is 128 Å². The minimum atomic E-state index is 0.703. The number of nitrogens with one attached hydrogen (secondary N) is 1. The lowest BCUT2D eigenvalue weighted by Crippen LogP contribution is -2.39. The van der Waals surface area contributed by atoms with E-state index >= 15 is 0 Å². The molecule has 2 rings (SSSR count). The number of hydrogen-bond acceptors (Lipinski definition) is 2. The van der Waals surface area contributed by atoms with Gasteiger partial charge in [-0.15, -0.1) is 0 Å². The number of hydrogen-bond donors (Lipinski definition) is 1. The highest BCUT2D eigenvalue weighted by Crippen LogP contribution is 2.27. The fourth-order valence-electron chi connectivity index (χ4n) is 3.13. The van der Waals surface area contributed by atoms with E-state index in [1.165, 1.54) is 43.2 Å². The van der Waals surface area contributed by atoms with Gasteiger partial charge in [0.15, 0.2) is 0 Å². The SMILES string of the molecule is CSC1CCCCC1NCc1ccc(CC(C)C)cc1. The zero-order valence-corrected chi connectivity index (χ0v) is 14.0. The van der Waals surface area contributed by atoms with Crippen molar-refractivity contribution in [3.8, 4) is 0 Å². The summed E-state index contributed by atoms with van der Waals surface area (Å²) in [6.07, 6.45) is 8.97. The third kappa shape index (κ3) is 4.82. The molecule has 112 valence electrons. The van der Waals surface area contributed by atoms with Gasteiger partial charge >= 0.3 is 0 Å². The molecule has 20 heavy (non-hydrogen) atoms. The van der Waals surface area contributed by atoms with Gasteiger partial charge in [-0.05, 0) is 42.6 Å². The van der Waals surface area contributed by atoms with Gasteiger partial charge in [0.05, 0.1) is 0 Å². The normalized spacial score (nSPS) is 23.2. The lowest BCUT2D eigenvalue weighted by atomic mass is 9.94. The average molecular weight is 292 g/mol. The van der Waals surface area contributed by atoms with Gasteiger partial charge in [0, 0.05) is 17.8 Å². The van der Waals surface area contributed by atoms with E-state index in [1.54, 1.807) is 0 Å². The predicted octanol–water partition coefficient (Wildman–Crippen LogP) is 4.65. The van der Waals surface area contributed by atoms with Crippen LogP contribution in [0.25, 0.3) is 0 Å². The highest BCUT2D eigenvalue weighted by Gasteiger charge is 2.23. The van der Waals surface area contributed by atoms with E-state index in [4.69, 9.17) is 0 Å². The standard InChI is InChI=1S/C18H29NS/c1-14(2)12-15-8-10-16(11-9-15)13-19-17-6-4-5-7-18(17)20-3/h8-11,14,17-19H,4-7,12-13H2,1-3H3. The third-order valence-corrected chi connectivity index (χ3v) is 5.41. The smallest absolute Gasteiger partial charge is 0.0208 e. The molecule has 0 amide bonds. The molecule has 1 aromatic carbocycles. The van der Waals surface area contributed by atoms with Crippen molar-refractivity contribution in [2.45, 2.75) is 63.8 Å². The molecule has 1 aliphatic carbocycles. The summed E-state index contributed by atoms with van der Waals surface area (Å²) < 4.78 is 0. The van der Waals surface area contributed by atoms with Crippen LogP contribution in [0, 0.1) is 5.92 Å². The zero-order valence-electron chi connectivity index (χ0n) is 13.2. The number of benzene rings is 1. The number of rotatable bonds is 6. The van der Waals surface area contributed by atoms with Crippen LogP contribution in [0.1, 0.15) is 50.7 Å². The zero-order chi connectivity index (χ0) is 14.4. The first kappa shape index (κ1) is 15.9. The molecule has 0 saturated heterocycles. The summed E-state index contributed by atoms with van der Waals surface area (Å²) in [6.45, 7) is 5.58. The van der Waals surface area contributed by atoms with Gasteiger partial charge in [-0.3, -0.25) is 0 Å². The van der Waals surface area contributed by atoms with E-state index in [0.29, 0.717) is 6.04 Å². The van der Waals surface area contributed by atoms with Gasteiger partial charge in [-0.1, -0.05) is 51.0 Å². The average Bonchev–Trinajstić information content (AvgIpc) is 2.46. The molecule has 1 aliphatic rings. The minimum Gasteiger partial charge on any atom is -0.309 e. The molecular weight excluding hydrogens is 262 g/mol. The molecule has 1 fully saturated rings. The van der Waals surface area contributed by atoms with Crippen molar-refractivity contribution in [2.24, 2.45) is 5.92 Å². The molecule has 2 heteroatoms.